The first-order valence-corrected chi connectivity index (χ1v) is 8.11. The Morgan fingerprint density at radius 2 is 2.08 bits per heavy atom. The van der Waals surface area contributed by atoms with E-state index in [2.05, 4.69) is 24.5 Å². The molecule has 1 heterocycles. The van der Waals surface area contributed by atoms with E-state index in [1.165, 1.54) is 0 Å². The number of carbonyl (C=O) groups is 2. The molecular formula is C19H20N2O4. The van der Waals surface area contributed by atoms with Gasteiger partial charge >= 0.3 is 0 Å². The lowest BCUT2D eigenvalue weighted by Crippen LogP contribution is -2.25. The molecule has 6 nitrogen and oxygen atoms in total. The number of benzene rings is 2. The van der Waals surface area contributed by atoms with E-state index in [4.69, 9.17) is 9.47 Å². The Kier molecular flexibility index (Phi) is 4.88. The first-order valence-electron chi connectivity index (χ1n) is 8.11. The molecular weight excluding hydrogens is 320 g/mol. The number of fused-ring (bicyclic) bond motifs is 1. The largest absolute Gasteiger partial charge is 0.484 e. The number of para-hydroxylation sites is 1. The van der Waals surface area contributed by atoms with Gasteiger partial charge in [-0.05, 0) is 29.7 Å². The van der Waals surface area contributed by atoms with Crippen LogP contribution in [-0.4, -0.2) is 25.0 Å². The van der Waals surface area contributed by atoms with Gasteiger partial charge in [0.2, 0.25) is 0 Å². The van der Waals surface area contributed by atoms with Gasteiger partial charge in [-0.3, -0.25) is 9.59 Å². The second kappa shape index (κ2) is 7.25. The zero-order chi connectivity index (χ0) is 17.8. The number of carbonyl (C=O) groups excluding carboxylic acids is 2. The van der Waals surface area contributed by atoms with Crippen LogP contribution in [0, 0.1) is 0 Å². The summed E-state index contributed by atoms with van der Waals surface area (Å²) in [6.45, 7) is 4.03. The summed E-state index contributed by atoms with van der Waals surface area (Å²) in [4.78, 5) is 23.5. The Hall–Kier alpha value is -3.02. The van der Waals surface area contributed by atoms with Gasteiger partial charge in [0.05, 0.1) is 5.69 Å². The fourth-order valence-electron chi connectivity index (χ4n) is 2.60. The maximum absolute atomic E-state index is 12.2. The van der Waals surface area contributed by atoms with Crippen LogP contribution in [0.1, 0.15) is 25.3 Å². The monoisotopic (exact) mass is 340 g/mol. The molecule has 0 spiro atoms. The molecule has 0 aromatic heterocycles. The molecule has 0 bridgehead atoms. The molecule has 0 unspecified atom stereocenters. The molecule has 0 fully saturated rings. The van der Waals surface area contributed by atoms with Crippen LogP contribution in [0.2, 0.25) is 0 Å². The quantitative estimate of drug-likeness (QED) is 0.876. The van der Waals surface area contributed by atoms with Crippen molar-refractivity contribution >= 4 is 23.2 Å². The number of hydrogen-bond donors (Lipinski definition) is 2. The SMILES string of the molecule is CC(C)c1ccccc1NC(=O)COc1ccc2c(c1)NC(=O)CO2. The van der Waals surface area contributed by atoms with Gasteiger partial charge in [-0.1, -0.05) is 32.0 Å². The molecule has 0 aliphatic carbocycles. The Balaban J connectivity index is 1.62. The fraction of sp³-hybridized carbons (Fsp3) is 0.263. The Morgan fingerprint density at radius 1 is 1.28 bits per heavy atom. The summed E-state index contributed by atoms with van der Waals surface area (Å²) >= 11 is 0. The van der Waals surface area contributed by atoms with Gasteiger partial charge in [0.15, 0.2) is 13.2 Å². The molecule has 25 heavy (non-hydrogen) atoms. The van der Waals surface area contributed by atoms with Crippen molar-refractivity contribution in [2.45, 2.75) is 19.8 Å². The Labute approximate surface area is 146 Å². The van der Waals surface area contributed by atoms with Gasteiger partial charge in [-0.15, -0.1) is 0 Å². The molecule has 2 N–H and O–H groups in total. The maximum Gasteiger partial charge on any atom is 0.262 e. The molecule has 2 aromatic rings. The van der Waals surface area contributed by atoms with Crippen molar-refractivity contribution in [3.63, 3.8) is 0 Å². The van der Waals surface area contributed by atoms with Gasteiger partial charge < -0.3 is 20.1 Å². The molecule has 2 aromatic carbocycles. The molecule has 1 aliphatic rings. The predicted octanol–water partition coefficient (Wildman–Crippen LogP) is 3.16. The van der Waals surface area contributed by atoms with Gasteiger partial charge in [-0.25, -0.2) is 0 Å². The molecule has 0 saturated carbocycles. The van der Waals surface area contributed by atoms with Crippen LogP contribution in [-0.2, 0) is 9.59 Å². The van der Waals surface area contributed by atoms with E-state index in [-0.39, 0.29) is 25.0 Å². The summed E-state index contributed by atoms with van der Waals surface area (Å²) in [6, 6.07) is 12.7. The van der Waals surface area contributed by atoms with Crippen LogP contribution in [0.15, 0.2) is 42.5 Å². The summed E-state index contributed by atoms with van der Waals surface area (Å²) < 4.78 is 10.8. The minimum Gasteiger partial charge on any atom is -0.484 e. The van der Waals surface area contributed by atoms with Crippen LogP contribution < -0.4 is 20.1 Å². The highest BCUT2D eigenvalue weighted by atomic mass is 16.5. The van der Waals surface area contributed by atoms with E-state index < -0.39 is 0 Å². The third-order valence-corrected chi connectivity index (χ3v) is 3.81. The lowest BCUT2D eigenvalue weighted by atomic mass is 10.0. The third-order valence-electron chi connectivity index (χ3n) is 3.81. The molecule has 0 saturated heterocycles. The Bertz CT molecular complexity index is 802. The van der Waals surface area contributed by atoms with Gasteiger partial charge in [0, 0.05) is 11.8 Å². The van der Waals surface area contributed by atoms with Crippen LogP contribution >= 0.6 is 0 Å². The summed E-state index contributed by atoms with van der Waals surface area (Å²) in [7, 11) is 0. The second-order valence-electron chi connectivity index (χ2n) is 6.07. The van der Waals surface area contributed by atoms with E-state index in [9.17, 15) is 9.59 Å². The van der Waals surface area contributed by atoms with Gasteiger partial charge in [-0.2, -0.15) is 0 Å². The standard InChI is InChI=1S/C19H20N2O4/c1-12(2)14-5-3-4-6-15(14)20-18(22)10-24-13-7-8-17-16(9-13)21-19(23)11-25-17/h3-9,12H,10-11H2,1-2H3,(H,20,22)(H,21,23). The number of anilines is 2. The molecule has 2 amide bonds. The number of nitrogens with one attached hydrogen (secondary N) is 2. The highest BCUT2D eigenvalue weighted by Gasteiger charge is 2.16. The molecule has 3 rings (SSSR count). The zero-order valence-electron chi connectivity index (χ0n) is 14.2. The van der Waals surface area contributed by atoms with E-state index >= 15 is 0 Å². The molecule has 1 aliphatic heterocycles. The van der Waals surface area contributed by atoms with Crippen molar-refractivity contribution in [1.29, 1.82) is 0 Å². The minimum atomic E-state index is -0.244. The van der Waals surface area contributed by atoms with Gasteiger partial charge in [0.25, 0.3) is 11.8 Å². The maximum atomic E-state index is 12.2. The molecule has 6 heteroatoms. The molecule has 0 radical (unpaired) electrons. The van der Waals surface area contributed by atoms with Crippen molar-refractivity contribution in [3.8, 4) is 11.5 Å². The smallest absolute Gasteiger partial charge is 0.262 e. The lowest BCUT2D eigenvalue weighted by molar-refractivity contribution is -0.119. The zero-order valence-corrected chi connectivity index (χ0v) is 14.2. The average molecular weight is 340 g/mol. The first kappa shape index (κ1) is 16.8. The normalized spacial score (nSPS) is 12.8. The number of hydrogen-bond acceptors (Lipinski definition) is 4. The summed E-state index contributed by atoms with van der Waals surface area (Å²) in [5, 5.41) is 5.58. The van der Waals surface area contributed by atoms with Crippen molar-refractivity contribution in [1.82, 2.24) is 0 Å². The van der Waals surface area contributed by atoms with Crippen molar-refractivity contribution < 1.29 is 19.1 Å². The van der Waals surface area contributed by atoms with Crippen molar-refractivity contribution in [3.05, 3.63) is 48.0 Å². The van der Waals surface area contributed by atoms with Crippen LogP contribution in [0.3, 0.4) is 0 Å². The van der Waals surface area contributed by atoms with E-state index in [1.54, 1.807) is 18.2 Å². The number of amides is 2. The topological polar surface area (TPSA) is 76.7 Å². The highest BCUT2D eigenvalue weighted by molar-refractivity contribution is 5.95. The highest BCUT2D eigenvalue weighted by Crippen LogP contribution is 2.31. The van der Waals surface area contributed by atoms with Crippen LogP contribution in [0.5, 0.6) is 11.5 Å². The summed E-state index contributed by atoms with van der Waals surface area (Å²) in [5.41, 5.74) is 2.40. The fourth-order valence-corrected chi connectivity index (χ4v) is 2.60. The van der Waals surface area contributed by atoms with Crippen LogP contribution in [0.4, 0.5) is 11.4 Å². The molecule has 130 valence electrons. The Morgan fingerprint density at radius 3 is 2.88 bits per heavy atom. The van der Waals surface area contributed by atoms with Crippen LogP contribution in [0.25, 0.3) is 0 Å². The minimum absolute atomic E-state index is 0.00483. The average Bonchev–Trinajstić information content (AvgIpc) is 2.60. The van der Waals surface area contributed by atoms with E-state index in [1.807, 2.05) is 24.3 Å². The summed E-state index contributed by atoms with van der Waals surface area (Å²) in [6.07, 6.45) is 0. The first-order chi connectivity index (χ1) is 12.0. The van der Waals surface area contributed by atoms with Gasteiger partial charge in [0.1, 0.15) is 11.5 Å². The lowest BCUT2D eigenvalue weighted by Gasteiger charge is -2.18. The predicted molar refractivity (Wildman–Crippen MR) is 95.2 cm³/mol. The van der Waals surface area contributed by atoms with E-state index in [0.29, 0.717) is 23.1 Å². The van der Waals surface area contributed by atoms with E-state index in [0.717, 1.165) is 11.3 Å². The molecule has 0 atom stereocenters. The van der Waals surface area contributed by atoms with Crippen molar-refractivity contribution in [2.75, 3.05) is 23.8 Å². The number of rotatable bonds is 5. The summed E-state index contributed by atoms with van der Waals surface area (Å²) in [5.74, 6) is 0.916. The van der Waals surface area contributed by atoms with Crippen molar-refractivity contribution in [2.24, 2.45) is 0 Å². The number of ether oxygens (including phenoxy) is 2. The third kappa shape index (κ3) is 4.09. The second-order valence-corrected chi connectivity index (χ2v) is 6.07.